The number of halogens is 2. The molecule has 0 bridgehead atoms. The van der Waals surface area contributed by atoms with Gasteiger partial charge in [0.15, 0.2) is 0 Å². The number of fused-ring (bicyclic) bond motifs is 1. The van der Waals surface area contributed by atoms with Crippen LogP contribution in [0.5, 0.6) is 5.75 Å². The summed E-state index contributed by atoms with van der Waals surface area (Å²) in [6, 6.07) is 9.76. The van der Waals surface area contributed by atoms with E-state index in [-0.39, 0.29) is 21.9 Å². The lowest BCUT2D eigenvalue weighted by Crippen LogP contribution is -2.21. The van der Waals surface area contributed by atoms with Crippen molar-refractivity contribution in [2.75, 3.05) is 0 Å². The predicted molar refractivity (Wildman–Crippen MR) is 83.0 cm³/mol. The van der Waals surface area contributed by atoms with Gasteiger partial charge in [0.05, 0.1) is 10.7 Å². The molecule has 5 nitrogen and oxygen atoms in total. The van der Waals surface area contributed by atoms with Gasteiger partial charge >= 0.3 is 0 Å². The number of hydrogen-bond acceptors (Lipinski definition) is 4. The number of primary amides is 1. The molecule has 1 amide bonds. The fourth-order valence-electron chi connectivity index (χ4n) is 2.04. The van der Waals surface area contributed by atoms with Crippen LogP contribution in [0, 0.1) is 5.82 Å². The molecule has 0 aliphatic carbocycles. The Morgan fingerprint density at radius 3 is 2.70 bits per heavy atom. The van der Waals surface area contributed by atoms with E-state index >= 15 is 0 Å². The molecule has 2 aromatic carbocycles. The molecule has 3 N–H and O–H groups in total. The number of aromatic hydroxyl groups is 1. The largest absolute Gasteiger partial charge is 0.508 e. The smallest absolute Gasteiger partial charge is 0.254 e. The van der Waals surface area contributed by atoms with Crippen molar-refractivity contribution in [2.24, 2.45) is 10.7 Å². The van der Waals surface area contributed by atoms with Crippen LogP contribution in [0.2, 0.25) is 5.02 Å². The van der Waals surface area contributed by atoms with Crippen molar-refractivity contribution in [3.63, 3.8) is 0 Å². The maximum absolute atomic E-state index is 13.2. The number of hydrogen-bond donors (Lipinski definition) is 2. The van der Waals surface area contributed by atoms with Crippen molar-refractivity contribution in [3.05, 3.63) is 64.4 Å². The Balaban J connectivity index is 2.28. The zero-order valence-electron chi connectivity index (χ0n) is 11.6. The topological polar surface area (TPSA) is 88.8 Å². The van der Waals surface area contributed by atoms with Gasteiger partial charge in [0.25, 0.3) is 5.91 Å². The third-order valence-electron chi connectivity index (χ3n) is 3.13. The van der Waals surface area contributed by atoms with Crippen LogP contribution in [0.15, 0.2) is 51.9 Å². The van der Waals surface area contributed by atoms with E-state index in [0.717, 1.165) is 6.07 Å². The summed E-state index contributed by atoms with van der Waals surface area (Å²) in [5, 5.41) is 9.99. The second kappa shape index (κ2) is 5.73. The van der Waals surface area contributed by atoms with Gasteiger partial charge < -0.3 is 15.3 Å². The van der Waals surface area contributed by atoms with E-state index in [1.54, 1.807) is 6.07 Å². The highest BCUT2D eigenvalue weighted by Gasteiger charge is 2.10. The van der Waals surface area contributed by atoms with Crippen LogP contribution in [-0.2, 0) is 0 Å². The minimum Gasteiger partial charge on any atom is -0.508 e. The molecule has 0 radical (unpaired) electrons. The summed E-state index contributed by atoms with van der Waals surface area (Å²) in [4.78, 5) is 15.8. The molecular formula is C16H10ClFN2O3. The molecule has 1 aromatic heterocycles. The van der Waals surface area contributed by atoms with Gasteiger partial charge in [0.2, 0.25) is 5.55 Å². The second-order valence-corrected chi connectivity index (χ2v) is 5.17. The molecule has 116 valence electrons. The fourth-order valence-corrected chi connectivity index (χ4v) is 2.21. The second-order valence-electron chi connectivity index (χ2n) is 4.76. The SMILES string of the molecule is NC(=O)c1cc2ccc(O)cc2oc1=Nc1ccc(F)c(Cl)c1. The minimum atomic E-state index is -0.726. The lowest BCUT2D eigenvalue weighted by atomic mass is 10.1. The number of benzene rings is 2. The molecule has 23 heavy (non-hydrogen) atoms. The van der Waals surface area contributed by atoms with Gasteiger partial charge in [0, 0.05) is 11.5 Å². The van der Waals surface area contributed by atoms with Crippen LogP contribution in [-0.4, -0.2) is 11.0 Å². The van der Waals surface area contributed by atoms with Gasteiger partial charge in [-0.2, -0.15) is 0 Å². The Bertz CT molecular complexity index is 998. The van der Waals surface area contributed by atoms with E-state index in [0.29, 0.717) is 16.7 Å². The quantitative estimate of drug-likeness (QED) is 0.754. The Labute approximate surface area is 134 Å². The van der Waals surface area contributed by atoms with Crippen molar-refractivity contribution < 1.29 is 18.7 Å². The molecule has 7 heteroatoms. The van der Waals surface area contributed by atoms with Gasteiger partial charge in [-0.05, 0) is 36.4 Å². The minimum absolute atomic E-state index is 0.00357. The number of carbonyl (C=O) groups excluding carboxylic acids is 1. The molecule has 0 aliphatic heterocycles. The zero-order chi connectivity index (χ0) is 16.6. The number of carbonyl (C=O) groups is 1. The summed E-state index contributed by atoms with van der Waals surface area (Å²) in [5.41, 5.74) is 5.97. The first-order valence-corrected chi connectivity index (χ1v) is 6.88. The highest BCUT2D eigenvalue weighted by Crippen LogP contribution is 2.22. The summed E-state index contributed by atoms with van der Waals surface area (Å²) in [6.45, 7) is 0. The first kappa shape index (κ1) is 15.1. The van der Waals surface area contributed by atoms with E-state index in [9.17, 15) is 14.3 Å². The van der Waals surface area contributed by atoms with Crippen LogP contribution in [0.3, 0.4) is 0 Å². The predicted octanol–water partition coefficient (Wildman–Crippen LogP) is 3.26. The van der Waals surface area contributed by atoms with Gasteiger partial charge in [0.1, 0.15) is 22.7 Å². The van der Waals surface area contributed by atoms with Crippen LogP contribution >= 0.6 is 11.6 Å². The standard InChI is InChI=1S/C16H10ClFN2O3/c17-12-6-9(2-4-13(12)18)20-16-11(15(19)22)5-8-1-3-10(21)7-14(8)23-16/h1-7,21H,(H2,19,22). The van der Waals surface area contributed by atoms with Gasteiger partial charge in [-0.25, -0.2) is 9.38 Å². The number of phenolic OH excluding ortho intramolecular Hbond substituents is 1. The van der Waals surface area contributed by atoms with Crippen molar-refractivity contribution in [3.8, 4) is 5.75 Å². The molecule has 0 saturated carbocycles. The Morgan fingerprint density at radius 2 is 2.00 bits per heavy atom. The molecule has 0 fully saturated rings. The van der Waals surface area contributed by atoms with Crippen LogP contribution in [0.4, 0.5) is 10.1 Å². The molecular weight excluding hydrogens is 323 g/mol. The van der Waals surface area contributed by atoms with Crippen molar-refractivity contribution >= 4 is 34.2 Å². The molecule has 3 aromatic rings. The normalized spacial score (nSPS) is 11.8. The Hall–Kier alpha value is -2.86. The molecule has 0 aliphatic rings. The van der Waals surface area contributed by atoms with E-state index in [2.05, 4.69) is 4.99 Å². The summed E-state index contributed by atoms with van der Waals surface area (Å²) in [6.07, 6.45) is 0. The zero-order valence-corrected chi connectivity index (χ0v) is 12.3. The van der Waals surface area contributed by atoms with Crippen LogP contribution in [0.1, 0.15) is 10.4 Å². The molecule has 3 rings (SSSR count). The van der Waals surface area contributed by atoms with E-state index < -0.39 is 11.7 Å². The highest BCUT2D eigenvalue weighted by atomic mass is 35.5. The Morgan fingerprint density at radius 1 is 1.22 bits per heavy atom. The molecule has 0 unspecified atom stereocenters. The number of amides is 1. The van der Waals surface area contributed by atoms with E-state index in [1.807, 2.05) is 0 Å². The van der Waals surface area contributed by atoms with Crippen LogP contribution in [0.25, 0.3) is 11.0 Å². The van der Waals surface area contributed by atoms with E-state index in [1.165, 1.54) is 30.3 Å². The Kier molecular flexibility index (Phi) is 3.75. The summed E-state index contributed by atoms with van der Waals surface area (Å²) in [7, 11) is 0. The molecule has 0 saturated heterocycles. The van der Waals surface area contributed by atoms with E-state index in [4.69, 9.17) is 21.8 Å². The maximum atomic E-state index is 13.2. The van der Waals surface area contributed by atoms with Crippen molar-refractivity contribution in [2.45, 2.75) is 0 Å². The van der Waals surface area contributed by atoms with Crippen molar-refractivity contribution in [1.29, 1.82) is 0 Å². The summed E-state index contributed by atoms with van der Waals surface area (Å²) < 4.78 is 18.7. The average Bonchev–Trinajstić information content (AvgIpc) is 2.50. The number of nitrogens with zero attached hydrogens (tertiary/aromatic N) is 1. The first-order valence-electron chi connectivity index (χ1n) is 6.50. The summed E-state index contributed by atoms with van der Waals surface area (Å²) in [5.74, 6) is -1.30. The third kappa shape index (κ3) is 3.02. The summed E-state index contributed by atoms with van der Waals surface area (Å²) >= 11 is 5.71. The molecule has 1 heterocycles. The molecule has 0 spiro atoms. The lowest BCUT2D eigenvalue weighted by Gasteiger charge is -2.03. The maximum Gasteiger partial charge on any atom is 0.254 e. The molecule has 0 atom stereocenters. The number of rotatable bonds is 2. The lowest BCUT2D eigenvalue weighted by molar-refractivity contribution is 0.0996. The van der Waals surface area contributed by atoms with Gasteiger partial charge in [-0.3, -0.25) is 4.79 Å². The van der Waals surface area contributed by atoms with Crippen molar-refractivity contribution in [1.82, 2.24) is 0 Å². The highest BCUT2D eigenvalue weighted by molar-refractivity contribution is 6.31. The number of nitrogens with two attached hydrogens (primary N) is 1. The van der Waals surface area contributed by atoms with Gasteiger partial charge in [-0.1, -0.05) is 11.6 Å². The van der Waals surface area contributed by atoms with Gasteiger partial charge in [-0.15, -0.1) is 0 Å². The van der Waals surface area contributed by atoms with Crippen LogP contribution < -0.4 is 11.3 Å². The number of phenols is 1. The average molecular weight is 333 g/mol. The fraction of sp³-hybridized carbons (Fsp3) is 0. The first-order chi connectivity index (χ1) is 10.9. The monoisotopic (exact) mass is 332 g/mol. The third-order valence-corrected chi connectivity index (χ3v) is 3.42.